The van der Waals surface area contributed by atoms with E-state index in [-0.39, 0.29) is 29.2 Å². The van der Waals surface area contributed by atoms with Crippen molar-refractivity contribution in [3.05, 3.63) is 23.8 Å². The number of carboxylic acids is 1. The Bertz CT molecular complexity index is 685. The normalized spacial score (nSPS) is 11.3. The molecule has 0 saturated carbocycles. The maximum atomic E-state index is 12.3. The number of methoxy groups -OCH3 is 1. The number of ether oxygens (including phenoxy) is 1. The topological polar surface area (TPSA) is 113 Å². The lowest BCUT2D eigenvalue weighted by molar-refractivity contribution is -0.137. The summed E-state index contributed by atoms with van der Waals surface area (Å²) in [5, 5.41) is 11.1. The third-order valence-corrected chi connectivity index (χ3v) is 4.87. The Hall–Kier alpha value is -2.13. The number of sulfonamides is 1. The molecule has 0 saturated heterocycles. The van der Waals surface area contributed by atoms with Crippen molar-refractivity contribution in [2.45, 2.75) is 17.7 Å². The van der Waals surface area contributed by atoms with Crippen LogP contribution in [0, 0.1) is 0 Å². The summed E-state index contributed by atoms with van der Waals surface area (Å²) in [7, 11) is 0.346. The molecule has 1 amide bonds. The van der Waals surface area contributed by atoms with Gasteiger partial charge in [0.2, 0.25) is 10.0 Å². The fourth-order valence-corrected chi connectivity index (χ4v) is 2.83. The number of amides is 1. The lowest BCUT2D eigenvalue weighted by Gasteiger charge is -2.15. The number of aliphatic carboxylic acids is 1. The van der Waals surface area contributed by atoms with Crippen LogP contribution in [-0.4, -0.2) is 57.5 Å². The van der Waals surface area contributed by atoms with Crippen LogP contribution in [0.5, 0.6) is 5.75 Å². The summed E-state index contributed by atoms with van der Waals surface area (Å²) in [6.45, 7) is 0.187. The van der Waals surface area contributed by atoms with Gasteiger partial charge in [0, 0.05) is 32.6 Å². The van der Waals surface area contributed by atoms with Crippen LogP contribution >= 0.6 is 0 Å². The molecule has 0 aromatic heterocycles. The van der Waals surface area contributed by atoms with E-state index in [1.165, 1.54) is 39.4 Å². The summed E-state index contributed by atoms with van der Waals surface area (Å²) in [4.78, 5) is 22.3. The molecule has 0 aliphatic carbocycles. The van der Waals surface area contributed by atoms with E-state index in [4.69, 9.17) is 9.84 Å². The highest BCUT2D eigenvalue weighted by Crippen LogP contribution is 2.26. The molecule has 0 unspecified atom stereocenters. The number of nitrogens with zero attached hydrogens (tertiary/aromatic N) is 1. The van der Waals surface area contributed by atoms with Crippen LogP contribution in [0.3, 0.4) is 0 Å². The van der Waals surface area contributed by atoms with Crippen LogP contribution in [0.1, 0.15) is 23.2 Å². The SMILES string of the molecule is COc1ccc(C(=O)NCCCC(=O)O)cc1S(=O)(=O)N(C)C. The van der Waals surface area contributed by atoms with Crippen LogP contribution in [0.4, 0.5) is 0 Å². The third kappa shape index (κ3) is 4.93. The molecule has 0 fully saturated rings. The summed E-state index contributed by atoms with van der Waals surface area (Å²) in [5.74, 6) is -1.28. The van der Waals surface area contributed by atoms with Crippen LogP contribution in [0.25, 0.3) is 0 Å². The largest absolute Gasteiger partial charge is 0.495 e. The molecule has 128 valence electrons. The fourth-order valence-electron chi connectivity index (χ4n) is 1.76. The van der Waals surface area contributed by atoms with Crippen molar-refractivity contribution in [3.63, 3.8) is 0 Å². The smallest absolute Gasteiger partial charge is 0.303 e. The Morgan fingerprint density at radius 1 is 1.30 bits per heavy atom. The highest BCUT2D eigenvalue weighted by molar-refractivity contribution is 7.89. The molecule has 0 radical (unpaired) electrons. The second kappa shape index (κ2) is 7.93. The van der Waals surface area contributed by atoms with E-state index >= 15 is 0 Å². The molecule has 0 aliphatic rings. The molecule has 2 N–H and O–H groups in total. The average Bonchev–Trinajstić information content (AvgIpc) is 2.50. The van der Waals surface area contributed by atoms with E-state index in [9.17, 15) is 18.0 Å². The number of hydrogen-bond acceptors (Lipinski definition) is 5. The molecule has 1 rings (SSSR count). The quantitative estimate of drug-likeness (QED) is 0.666. The lowest BCUT2D eigenvalue weighted by atomic mass is 10.2. The van der Waals surface area contributed by atoms with Gasteiger partial charge in [-0.15, -0.1) is 0 Å². The van der Waals surface area contributed by atoms with Crippen molar-refractivity contribution in [2.24, 2.45) is 0 Å². The van der Waals surface area contributed by atoms with Crippen molar-refractivity contribution in [1.29, 1.82) is 0 Å². The molecule has 0 heterocycles. The molecular weight excluding hydrogens is 324 g/mol. The molecule has 0 spiro atoms. The Kier molecular flexibility index (Phi) is 6.52. The first-order valence-electron chi connectivity index (χ1n) is 6.80. The van der Waals surface area contributed by atoms with Gasteiger partial charge in [0.15, 0.2) is 0 Å². The number of rotatable bonds is 8. The summed E-state index contributed by atoms with van der Waals surface area (Å²) in [6.07, 6.45) is 0.239. The van der Waals surface area contributed by atoms with Crippen LogP contribution in [0.15, 0.2) is 23.1 Å². The molecule has 23 heavy (non-hydrogen) atoms. The second-order valence-electron chi connectivity index (χ2n) is 4.91. The molecule has 0 aliphatic heterocycles. The van der Waals surface area contributed by atoms with Crippen molar-refractivity contribution >= 4 is 21.9 Å². The third-order valence-electron chi connectivity index (χ3n) is 3.04. The van der Waals surface area contributed by atoms with Gasteiger partial charge in [0.25, 0.3) is 5.91 Å². The number of benzene rings is 1. The number of carbonyl (C=O) groups is 2. The van der Waals surface area contributed by atoms with Gasteiger partial charge in [-0.25, -0.2) is 12.7 Å². The summed E-state index contributed by atoms with van der Waals surface area (Å²) in [6, 6.07) is 4.09. The van der Waals surface area contributed by atoms with E-state index in [0.717, 1.165) is 4.31 Å². The number of carbonyl (C=O) groups excluding carboxylic acids is 1. The second-order valence-corrected chi connectivity index (χ2v) is 7.03. The first-order chi connectivity index (χ1) is 10.7. The molecule has 1 aromatic carbocycles. The Morgan fingerprint density at radius 3 is 2.48 bits per heavy atom. The minimum atomic E-state index is -3.76. The zero-order chi connectivity index (χ0) is 17.6. The summed E-state index contributed by atoms with van der Waals surface area (Å²) < 4.78 is 30.6. The molecule has 0 bridgehead atoms. The summed E-state index contributed by atoms with van der Waals surface area (Å²) in [5.41, 5.74) is 0.154. The van der Waals surface area contributed by atoms with E-state index in [2.05, 4.69) is 5.32 Å². The first-order valence-corrected chi connectivity index (χ1v) is 8.24. The number of hydrogen-bond donors (Lipinski definition) is 2. The lowest BCUT2D eigenvalue weighted by Crippen LogP contribution is -2.26. The minimum absolute atomic E-state index is 0.0524. The van der Waals surface area contributed by atoms with E-state index in [1.807, 2.05) is 0 Å². The van der Waals surface area contributed by atoms with Gasteiger partial charge >= 0.3 is 5.97 Å². The average molecular weight is 344 g/mol. The zero-order valence-electron chi connectivity index (χ0n) is 13.2. The fraction of sp³-hybridized carbons (Fsp3) is 0.429. The standard InChI is InChI=1S/C14H20N2O6S/c1-16(2)23(20,21)12-9-10(6-7-11(12)22-3)14(19)15-8-4-5-13(17)18/h6-7,9H,4-5,8H2,1-3H3,(H,15,19)(H,17,18). The van der Waals surface area contributed by atoms with Gasteiger partial charge in [0.1, 0.15) is 10.6 Å². The van der Waals surface area contributed by atoms with Gasteiger partial charge < -0.3 is 15.2 Å². The van der Waals surface area contributed by atoms with Gasteiger partial charge in [-0.3, -0.25) is 9.59 Å². The van der Waals surface area contributed by atoms with E-state index in [1.54, 1.807) is 0 Å². The maximum absolute atomic E-state index is 12.3. The summed E-state index contributed by atoms with van der Waals surface area (Å²) >= 11 is 0. The molecular formula is C14H20N2O6S. The van der Waals surface area contributed by atoms with Crippen molar-refractivity contribution < 1.29 is 27.9 Å². The monoisotopic (exact) mass is 344 g/mol. The predicted molar refractivity (Wildman–Crippen MR) is 83.1 cm³/mol. The molecule has 1 aromatic rings. The van der Waals surface area contributed by atoms with Gasteiger partial charge in [-0.2, -0.15) is 0 Å². The Balaban J connectivity index is 2.98. The van der Waals surface area contributed by atoms with Crippen LogP contribution in [-0.2, 0) is 14.8 Å². The van der Waals surface area contributed by atoms with Crippen LogP contribution in [0.2, 0.25) is 0 Å². The maximum Gasteiger partial charge on any atom is 0.303 e. The Labute approximate surface area is 135 Å². The molecule has 9 heteroatoms. The van der Waals surface area contributed by atoms with E-state index in [0.29, 0.717) is 6.42 Å². The van der Waals surface area contributed by atoms with Gasteiger partial charge in [-0.05, 0) is 24.6 Å². The first kappa shape index (κ1) is 18.9. The highest BCUT2D eigenvalue weighted by Gasteiger charge is 2.23. The van der Waals surface area contributed by atoms with Gasteiger partial charge in [-0.1, -0.05) is 0 Å². The van der Waals surface area contributed by atoms with Crippen molar-refractivity contribution in [1.82, 2.24) is 9.62 Å². The zero-order valence-corrected chi connectivity index (χ0v) is 14.0. The molecule has 8 nitrogen and oxygen atoms in total. The number of carboxylic acid groups (broad SMARTS) is 1. The van der Waals surface area contributed by atoms with Crippen molar-refractivity contribution in [2.75, 3.05) is 27.7 Å². The Morgan fingerprint density at radius 2 is 1.96 bits per heavy atom. The number of nitrogens with one attached hydrogen (secondary N) is 1. The van der Waals surface area contributed by atoms with Gasteiger partial charge in [0.05, 0.1) is 7.11 Å². The van der Waals surface area contributed by atoms with Crippen LogP contribution < -0.4 is 10.1 Å². The predicted octanol–water partition coefficient (Wildman–Crippen LogP) is 0.540. The van der Waals surface area contributed by atoms with Crippen molar-refractivity contribution in [3.8, 4) is 5.75 Å². The molecule has 0 atom stereocenters. The minimum Gasteiger partial charge on any atom is -0.495 e. The highest BCUT2D eigenvalue weighted by atomic mass is 32.2. The van der Waals surface area contributed by atoms with E-state index < -0.39 is 21.9 Å².